The molecular formula is C14H18ClNO3. The third kappa shape index (κ3) is 4.91. The van der Waals surface area contributed by atoms with E-state index in [2.05, 4.69) is 5.32 Å². The van der Waals surface area contributed by atoms with Gasteiger partial charge in [-0.15, -0.1) is 0 Å². The number of ether oxygens (including phenoxy) is 1. The molecule has 1 aromatic carbocycles. The van der Waals surface area contributed by atoms with Gasteiger partial charge in [0.15, 0.2) is 6.61 Å². The van der Waals surface area contributed by atoms with Crippen molar-refractivity contribution in [1.82, 2.24) is 5.32 Å². The smallest absolute Gasteiger partial charge is 0.258 e. The molecule has 104 valence electrons. The van der Waals surface area contributed by atoms with E-state index in [9.17, 15) is 9.59 Å². The topological polar surface area (TPSA) is 55.4 Å². The summed E-state index contributed by atoms with van der Waals surface area (Å²) in [6.07, 6.45) is 2.48. The standard InChI is InChI=1S/C14H18ClNO3/c1-3-11(4-2)16-14(18)9-19-13-6-5-10(8-17)7-12(13)15/h5-8,11H,3-4,9H2,1-2H3,(H,16,18). The lowest BCUT2D eigenvalue weighted by atomic mass is 10.2. The summed E-state index contributed by atoms with van der Waals surface area (Å²) >= 11 is 5.94. The zero-order chi connectivity index (χ0) is 14.3. The van der Waals surface area contributed by atoms with Gasteiger partial charge in [-0.1, -0.05) is 25.4 Å². The van der Waals surface area contributed by atoms with Crippen molar-refractivity contribution in [1.29, 1.82) is 0 Å². The fourth-order valence-corrected chi connectivity index (χ4v) is 1.86. The molecule has 0 aliphatic heterocycles. The molecule has 1 amide bonds. The fraction of sp³-hybridized carbons (Fsp3) is 0.429. The average Bonchev–Trinajstić information content (AvgIpc) is 2.43. The molecule has 0 aliphatic rings. The predicted octanol–water partition coefficient (Wildman–Crippen LogP) is 2.84. The molecule has 1 rings (SSSR count). The zero-order valence-electron chi connectivity index (χ0n) is 11.1. The van der Waals surface area contributed by atoms with E-state index in [1.807, 2.05) is 13.8 Å². The summed E-state index contributed by atoms with van der Waals surface area (Å²) in [6, 6.07) is 4.84. The number of rotatable bonds is 7. The summed E-state index contributed by atoms with van der Waals surface area (Å²) in [5.41, 5.74) is 0.471. The summed E-state index contributed by atoms with van der Waals surface area (Å²) < 4.78 is 5.33. The first-order chi connectivity index (χ1) is 9.10. The van der Waals surface area contributed by atoms with Gasteiger partial charge in [-0.3, -0.25) is 9.59 Å². The number of hydrogen-bond acceptors (Lipinski definition) is 3. The van der Waals surface area contributed by atoms with E-state index in [4.69, 9.17) is 16.3 Å². The van der Waals surface area contributed by atoms with Gasteiger partial charge in [0.05, 0.1) is 5.02 Å². The van der Waals surface area contributed by atoms with E-state index in [1.54, 1.807) is 12.1 Å². The second-order valence-corrected chi connectivity index (χ2v) is 4.58. The van der Waals surface area contributed by atoms with Crippen LogP contribution in [0.3, 0.4) is 0 Å². The second-order valence-electron chi connectivity index (χ2n) is 4.18. The first kappa shape index (κ1) is 15.5. The van der Waals surface area contributed by atoms with Crippen molar-refractivity contribution in [3.05, 3.63) is 28.8 Å². The zero-order valence-corrected chi connectivity index (χ0v) is 11.9. The Bertz CT molecular complexity index is 444. The van der Waals surface area contributed by atoms with Crippen LogP contribution in [-0.2, 0) is 4.79 Å². The Morgan fingerprint density at radius 3 is 2.63 bits per heavy atom. The van der Waals surface area contributed by atoms with E-state index in [-0.39, 0.29) is 18.6 Å². The van der Waals surface area contributed by atoms with Crippen molar-refractivity contribution in [3.8, 4) is 5.75 Å². The first-order valence-electron chi connectivity index (χ1n) is 6.27. The predicted molar refractivity (Wildman–Crippen MR) is 74.8 cm³/mol. The van der Waals surface area contributed by atoms with E-state index in [1.165, 1.54) is 6.07 Å². The molecular weight excluding hydrogens is 266 g/mol. The number of carbonyl (C=O) groups excluding carboxylic acids is 2. The highest BCUT2D eigenvalue weighted by Gasteiger charge is 2.10. The van der Waals surface area contributed by atoms with Gasteiger partial charge in [-0.25, -0.2) is 0 Å². The van der Waals surface area contributed by atoms with Crippen LogP contribution in [0, 0.1) is 0 Å². The summed E-state index contributed by atoms with van der Waals surface area (Å²) in [5, 5.41) is 3.18. The summed E-state index contributed by atoms with van der Waals surface area (Å²) in [4.78, 5) is 22.2. The minimum absolute atomic E-state index is 0.0867. The van der Waals surface area contributed by atoms with Crippen molar-refractivity contribution in [2.45, 2.75) is 32.7 Å². The van der Waals surface area contributed by atoms with Gasteiger partial charge in [0, 0.05) is 11.6 Å². The number of nitrogens with one attached hydrogen (secondary N) is 1. The van der Waals surface area contributed by atoms with Crippen LogP contribution < -0.4 is 10.1 Å². The van der Waals surface area contributed by atoms with Crippen LogP contribution in [0.5, 0.6) is 5.75 Å². The Kier molecular flexibility index (Phi) is 6.36. The van der Waals surface area contributed by atoms with Crippen LogP contribution in [0.1, 0.15) is 37.0 Å². The molecule has 0 aromatic heterocycles. The number of halogens is 1. The molecule has 0 saturated carbocycles. The number of carbonyl (C=O) groups is 2. The molecule has 0 spiro atoms. The van der Waals surface area contributed by atoms with Gasteiger partial charge in [0.2, 0.25) is 0 Å². The number of aldehydes is 1. The lowest BCUT2D eigenvalue weighted by Gasteiger charge is -2.15. The molecule has 4 nitrogen and oxygen atoms in total. The van der Waals surface area contributed by atoms with Gasteiger partial charge in [0.25, 0.3) is 5.91 Å². The van der Waals surface area contributed by atoms with Crippen LogP contribution in [0.4, 0.5) is 0 Å². The fourth-order valence-electron chi connectivity index (χ4n) is 1.61. The highest BCUT2D eigenvalue weighted by Crippen LogP contribution is 2.24. The van der Waals surface area contributed by atoms with Crippen LogP contribution in [0.25, 0.3) is 0 Å². The van der Waals surface area contributed by atoms with E-state index >= 15 is 0 Å². The highest BCUT2D eigenvalue weighted by atomic mass is 35.5. The van der Waals surface area contributed by atoms with Crippen LogP contribution in [-0.4, -0.2) is 24.8 Å². The van der Waals surface area contributed by atoms with E-state index < -0.39 is 0 Å². The Hall–Kier alpha value is -1.55. The largest absolute Gasteiger partial charge is 0.482 e. The number of benzene rings is 1. The molecule has 0 bridgehead atoms. The molecule has 0 atom stereocenters. The van der Waals surface area contributed by atoms with E-state index in [0.29, 0.717) is 22.6 Å². The SMILES string of the molecule is CCC(CC)NC(=O)COc1ccc(C=O)cc1Cl. The molecule has 0 fully saturated rings. The molecule has 19 heavy (non-hydrogen) atoms. The highest BCUT2D eigenvalue weighted by molar-refractivity contribution is 6.32. The van der Waals surface area contributed by atoms with Crippen LogP contribution in [0.15, 0.2) is 18.2 Å². The lowest BCUT2D eigenvalue weighted by Crippen LogP contribution is -2.37. The molecule has 0 saturated heterocycles. The molecule has 0 heterocycles. The Balaban J connectivity index is 2.52. The monoisotopic (exact) mass is 283 g/mol. The third-order valence-electron chi connectivity index (χ3n) is 2.80. The lowest BCUT2D eigenvalue weighted by molar-refractivity contribution is -0.123. The maximum absolute atomic E-state index is 11.6. The van der Waals surface area contributed by atoms with Crippen LogP contribution in [0.2, 0.25) is 5.02 Å². The summed E-state index contributed by atoms with van der Waals surface area (Å²) in [6.45, 7) is 3.95. The first-order valence-corrected chi connectivity index (χ1v) is 6.65. The van der Waals surface area contributed by atoms with Gasteiger partial charge < -0.3 is 10.1 Å². The minimum Gasteiger partial charge on any atom is -0.482 e. The van der Waals surface area contributed by atoms with Crippen molar-refractivity contribution < 1.29 is 14.3 Å². The second kappa shape index (κ2) is 7.79. The molecule has 0 radical (unpaired) electrons. The normalized spacial score (nSPS) is 10.3. The third-order valence-corrected chi connectivity index (χ3v) is 3.10. The maximum atomic E-state index is 11.6. The molecule has 0 unspecified atom stereocenters. The molecule has 1 N–H and O–H groups in total. The van der Waals surface area contributed by atoms with Gasteiger partial charge >= 0.3 is 0 Å². The number of hydrogen-bond donors (Lipinski definition) is 1. The molecule has 5 heteroatoms. The Morgan fingerprint density at radius 1 is 1.42 bits per heavy atom. The Morgan fingerprint density at radius 2 is 2.11 bits per heavy atom. The van der Waals surface area contributed by atoms with Crippen molar-refractivity contribution in [2.75, 3.05) is 6.61 Å². The maximum Gasteiger partial charge on any atom is 0.258 e. The van der Waals surface area contributed by atoms with E-state index in [0.717, 1.165) is 12.8 Å². The van der Waals surface area contributed by atoms with Gasteiger partial charge in [-0.05, 0) is 31.0 Å². The Labute approximate surface area is 118 Å². The minimum atomic E-state index is -0.177. The van der Waals surface area contributed by atoms with Crippen molar-refractivity contribution in [2.24, 2.45) is 0 Å². The van der Waals surface area contributed by atoms with Crippen molar-refractivity contribution >= 4 is 23.8 Å². The average molecular weight is 284 g/mol. The van der Waals surface area contributed by atoms with Crippen molar-refractivity contribution in [3.63, 3.8) is 0 Å². The quantitative estimate of drug-likeness (QED) is 0.783. The van der Waals surface area contributed by atoms with Crippen LogP contribution >= 0.6 is 11.6 Å². The van der Waals surface area contributed by atoms with Gasteiger partial charge in [0.1, 0.15) is 12.0 Å². The molecule has 1 aromatic rings. The number of amides is 1. The van der Waals surface area contributed by atoms with Gasteiger partial charge in [-0.2, -0.15) is 0 Å². The molecule has 0 aliphatic carbocycles. The summed E-state index contributed by atoms with van der Waals surface area (Å²) in [7, 11) is 0. The summed E-state index contributed by atoms with van der Waals surface area (Å²) in [5.74, 6) is 0.219.